The highest BCUT2D eigenvalue weighted by molar-refractivity contribution is 9.10. The second-order valence-corrected chi connectivity index (χ2v) is 6.02. The minimum absolute atomic E-state index is 0.0592. The predicted octanol–water partition coefficient (Wildman–Crippen LogP) is 3.98. The number of ether oxygens (including phenoxy) is 3. The first kappa shape index (κ1) is 21.5. The Labute approximate surface area is 164 Å². The van der Waals surface area contributed by atoms with Crippen LogP contribution < -0.4 is 9.64 Å². The van der Waals surface area contributed by atoms with Gasteiger partial charge in [0.15, 0.2) is 11.6 Å². The van der Waals surface area contributed by atoms with E-state index < -0.39 is 41.3 Å². The van der Waals surface area contributed by atoms with E-state index >= 15 is 0 Å². The summed E-state index contributed by atoms with van der Waals surface area (Å²) >= 11 is 2.98. The maximum absolute atomic E-state index is 14.3. The Hall–Kier alpha value is -2.82. The van der Waals surface area contributed by atoms with E-state index in [1.54, 1.807) is 0 Å². The number of esters is 2. The fourth-order valence-electron chi connectivity index (χ4n) is 2.29. The number of halogens is 5. The summed E-state index contributed by atoms with van der Waals surface area (Å²) in [6.45, 7) is 0. The molecule has 1 aliphatic heterocycles. The highest BCUT2D eigenvalue weighted by atomic mass is 79.9. The number of carbonyl (C=O) groups is 2. The highest BCUT2D eigenvalue weighted by Gasteiger charge is 2.36. The van der Waals surface area contributed by atoms with Gasteiger partial charge in [0.05, 0.1) is 25.5 Å². The Bertz CT molecular complexity index is 892. The molecule has 1 aliphatic rings. The Balaban J connectivity index is 2.80. The van der Waals surface area contributed by atoms with Gasteiger partial charge in [-0.25, -0.2) is 14.0 Å². The number of hydrogen-bond acceptors (Lipinski definition) is 6. The van der Waals surface area contributed by atoms with Crippen molar-refractivity contribution in [3.8, 4) is 5.75 Å². The molecule has 0 radical (unpaired) electrons. The van der Waals surface area contributed by atoms with Crippen LogP contribution in [0.1, 0.15) is 0 Å². The first-order chi connectivity index (χ1) is 13.1. The molecule has 150 valence electrons. The monoisotopic (exact) mass is 465 g/mol. The van der Waals surface area contributed by atoms with Gasteiger partial charge >= 0.3 is 18.3 Å². The van der Waals surface area contributed by atoms with E-state index in [2.05, 4.69) is 30.1 Å². The summed E-state index contributed by atoms with van der Waals surface area (Å²) in [6.07, 6.45) is -0.212. The molecule has 1 aromatic carbocycles. The van der Waals surface area contributed by atoms with Gasteiger partial charge in [0.2, 0.25) is 0 Å². The number of anilines is 1. The van der Waals surface area contributed by atoms with Crippen LogP contribution in [0.5, 0.6) is 5.75 Å². The zero-order chi connectivity index (χ0) is 21.1. The molecule has 0 aliphatic carbocycles. The zero-order valence-corrected chi connectivity index (χ0v) is 15.9. The van der Waals surface area contributed by atoms with Gasteiger partial charge in [0.1, 0.15) is 5.70 Å². The number of alkyl halides is 3. The van der Waals surface area contributed by atoms with Gasteiger partial charge in [-0.15, -0.1) is 13.2 Å². The lowest BCUT2D eigenvalue weighted by Gasteiger charge is -2.26. The van der Waals surface area contributed by atoms with Crippen molar-refractivity contribution < 1.29 is 41.4 Å². The Morgan fingerprint density at radius 1 is 1.07 bits per heavy atom. The third kappa shape index (κ3) is 4.71. The SMILES string of the molecule is COC(=O)C1=C(C(=O)OC)N(c2cc(Br)cc(F)c2OC(F)(F)F)C=CC=C1. The third-order valence-electron chi connectivity index (χ3n) is 3.36. The lowest BCUT2D eigenvalue weighted by Crippen LogP contribution is -2.28. The Kier molecular flexibility index (Phi) is 6.49. The van der Waals surface area contributed by atoms with Crippen molar-refractivity contribution >= 4 is 33.6 Å². The van der Waals surface area contributed by atoms with Gasteiger partial charge in [-0.3, -0.25) is 0 Å². The Morgan fingerprint density at radius 3 is 2.29 bits per heavy atom. The molecule has 0 unspecified atom stereocenters. The van der Waals surface area contributed by atoms with E-state index in [1.165, 1.54) is 18.2 Å². The van der Waals surface area contributed by atoms with Gasteiger partial charge in [0.25, 0.3) is 0 Å². The zero-order valence-electron chi connectivity index (χ0n) is 14.3. The van der Waals surface area contributed by atoms with Gasteiger partial charge in [0, 0.05) is 10.7 Å². The van der Waals surface area contributed by atoms with Crippen LogP contribution in [0, 0.1) is 5.82 Å². The summed E-state index contributed by atoms with van der Waals surface area (Å²) in [6, 6.07) is 1.84. The molecule has 0 saturated carbocycles. The number of rotatable bonds is 4. The van der Waals surface area contributed by atoms with Crippen LogP contribution in [-0.2, 0) is 19.1 Å². The van der Waals surface area contributed by atoms with E-state index in [9.17, 15) is 27.2 Å². The molecule has 2 rings (SSSR count). The third-order valence-corrected chi connectivity index (χ3v) is 3.81. The van der Waals surface area contributed by atoms with Crippen LogP contribution in [0.3, 0.4) is 0 Å². The summed E-state index contributed by atoms with van der Waals surface area (Å²) < 4.78 is 65.8. The van der Waals surface area contributed by atoms with E-state index in [4.69, 9.17) is 0 Å². The van der Waals surface area contributed by atoms with Crippen molar-refractivity contribution in [2.45, 2.75) is 6.36 Å². The van der Waals surface area contributed by atoms with E-state index in [0.717, 1.165) is 37.5 Å². The van der Waals surface area contributed by atoms with Gasteiger partial charge in [-0.1, -0.05) is 22.0 Å². The number of hydrogen-bond donors (Lipinski definition) is 0. The fraction of sp³-hybridized carbons (Fsp3) is 0.176. The second kappa shape index (κ2) is 8.46. The van der Waals surface area contributed by atoms with Crippen molar-refractivity contribution in [1.29, 1.82) is 0 Å². The molecule has 0 spiro atoms. The molecular formula is C17H12BrF4NO5. The minimum atomic E-state index is -5.21. The average molecular weight is 466 g/mol. The van der Waals surface area contributed by atoms with Crippen molar-refractivity contribution in [1.82, 2.24) is 0 Å². The number of carbonyl (C=O) groups excluding carboxylic acids is 2. The van der Waals surface area contributed by atoms with Crippen LogP contribution in [0.2, 0.25) is 0 Å². The molecule has 0 N–H and O–H groups in total. The summed E-state index contributed by atoms with van der Waals surface area (Å²) in [4.78, 5) is 25.3. The van der Waals surface area contributed by atoms with Crippen molar-refractivity contribution in [2.75, 3.05) is 19.1 Å². The molecule has 1 heterocycles. The molecule has 0 aromatic heterocycles. The predicted molar refractivity (Wildman–Crippen MR) is 92.6 cm³/mol. The molecule has 0 amide bonds. The molecule has 11 heteroatoms. The highest BCUT2D eigenvalue weighted by Crippen LogP contribution is 2.40. The van der Waals surface area contributed by atoms with Crippen molar-refractivity contribution in [3.05, 3.63) is 58.1 Å². The normalized spacial score (nSPS) is 14.0. The first-order valence-electron chi connectivity index (χ1n) is 7.38. The molecule has 28 heavy (non-hydrogen) atoms. The largest absolute Gasteiger partial charge is 0.573 e. The molecule has 0 fully saturated rings. The van der Waals surface area contributed by atoms with Crippen molar-refractivity contribution in [2.24, 2.45) is 0 Å². The number of nitrogens with zero attached hydrogens (tertiary/aromatic N) is 1. The lowest BCUT2D eigenvalue weighted by molar-refractivity contribution is -0.275. The number of benzene rings is 1. The summed E-state index contributed by atoms with van der Waals surface area (Å²) in [5.41, 5.74) is -1.33. The van der Waals surface area contributed by atoms with E-state index in [1.807, 2.05) is 0 Å². The first-order valence-corrected chi connectivity index (χ1v) is 8.18. The van der Waals surface area contributed by atoms with Crippen LogP contribution in [0.15, 0.2) is 52.3 Å². The number of methoxy groups -OCH3 is 2. The van der Waals surface area contributed by atoms with Crippen molar-refractivity contribution in [3.63, 3.8) is 0 Å². The van der Waals surface area contributed by atoms with Crippen LogP contribution in [0.4, 0.5) is 23.2 Å². The summed E-state index contributed by atoms with van der Waals surface area (Å²) in [7, 11) is 2.06. The van der Waals surface area contributed by atoms with E-state index in [-0.39, 0.29) is 10.0 Å². The average Bonchev–Trinajstić information content (AvgIpc) is 2.84. The Morgan fingerprint density at radius 2 is 1.71 bits per heavy atom. The molecule has 0 saturated heterocycles. The van der Waals surface area contributed by atoms with Gasteiger partial charge in [-0.05, 0) is 24.3 Å². The molecule has 0 atom stereocenters. The minimum Gasteiger partial charge on any atom is -0.465 e. The summed E-state index contributed by atoms with van der Waals surface area (Å²) in [5.74, 6) is -4.59. The maximum atomic E-state index is 14.3. The lowest BCUT2D eigenvalue weighted by atomic mass is 10.1. The molecule has 1 aromatic rings. The smallest absolute Gasteiger partial charge is 0.465 e. The quantitative estimate of drug-likeness (QED) is 0.495. The summed E-state index contributed by atoms with van der Waals surface area (Å²) in [5, 5.41) is 0. The fourth-order valence-corrected chi connectivity index (χ4v) is 2.71. The van der Waals surface area contributed by atoms with Gasteiger partial charge < -0.3 is 19.1 Å². The molecule has 6 nitrogen and oxygen atoms in total. The van der Waals surface area contributed by atoms with Crippen LogP contribution in [-0.4, -0.2) is 32.5 Å². The molecule has 0 bridgehead atoms. The second-order valence-electron chi connectivity index (χ2n) is 5.10. The van der Waals surface area contributed by atoms with Crippen LogP contribution in [0.25, 0.3) is 0 Å². The topological polar surface area (TPSA) is 65.1 Å². The maximum Gasteiger partial charge on any atom is 0.573 e. The van der Waals surface area contributed by atoms with Gasteiger partial charge in [-0.2, -0.15) is 0 Å². The number of allylic oxidation sites excluding steroid dienone is 2. The molecular weight excluding hydrogens is 454 g/mol. The van der Waals surface area contributed by atoms with E-state index in [0.29, 0.717) is 0 Å². The standard InChI is InChI=1S/C17H12BrF4NO5/c1-26-15(24)10-5-3-4-6-23(13(10)16(25)27-2)12-8-9(18)7-11(19)14(12)28-17(20,21)22/h3-8H,1-2H3. The van der Waals surface area contributed by atoms with Crippen LogP contribution >= 0.6 is 15.9 Å².